The molecule has 6 heteroatoms. The Bertz CT molecular complexity index is 231. The number of carbonyl (C=O) groups is 1. The summed E-state index contributed by atoms with van der Waals surface area (Å²) in [6, 6.07) is 0. The van der Waals surface area contributed by atoms with Crippen molar-refractivity contribution in [2.24, 2.45) is 0 Å². The standard InChI is InChI=1S/C9H16O6/c1-2-3-4(10)8-6(12)5(11)7(13)9(14)15-8/h5-9,11-14H,2-3H2,1H3/t5-,6+,7+,8+,9?/m0/s1. The summed E-state index contributed by atoms with van der Waals surface area (Å²) in [5, 5.41) is 37.1. The third kappa shape index (κ3) is 2.53. The van der Waals surface area contributed by atoms with Crippen LogP contribution < -0.4 is 0 Å². The van der Waals surface area contributed by atoms with Crippen molar-refractivity contribution in [1.29, 1.82) is 0 Å². The molecule has 0 spiro atoms. The van der Waals surface area contributed by atoms with Crippen molar-refractivity contribution in [3.8, 4) is 0 Å². The molecule has 1 fully saturated rings. The van der Waals surface area contributed by atoms with E-state index in [2.05, 4.69) is 0 Å². The van der Waals surface area contributed by atoms with E-state index in [1.54, 1.807) is 6.92 Å². The lowest BCUT2D eigenvalue weighted by Crippen LogP contribution is -2.59. The summed E-state index contributed by atoms with van der Waals surface area (Å²) in [5.74, 6) is -0.394. The van der Waals surface area contributed by atoms with E-state index < -0.39 is 36.5 Å². The smallest absolute Gasteiger partial charge is 0.184 e. The molecule has 1 aliphatic heterocycles. The van der Waals surface area contributed by atoms with Crippen molar-refractivity contribution < 1.29 is 30.0 Å². The van der Waals surface area contributed by atoms with Crippen LogP contribution in [0.25, 0.3) is 0 Å². The van der Waals surface area contributed by atoms with Gasteiger partial charge in [-0.3, -0.25) is 4.79 Å². The van der Waals surface area contributed by atoms with Gasteiger partial charge in [0.05, 0.1) is 0 Å². The largest absolute Gasteiger partial charge is 0.387 e. The van der Waals surface area contributed by atoms with Gasteiger partial charge >= 0.3 is 0 Å². The molecule has 15 heavy (non-hydrogen) atoms. The topological polar surface area (TPSA) is 107 Å². The molecule has 4 N–H and O–H groups in total. The zero-order valence-electron chi connectivity index (χ0n) is 8.41. The molecule has 6 nitrogen and oxygen atoms in total. The maximum Gasteiger partial charge on any atom is 0.184 e. The van der Waals surface area contributed by atoms with E-state index in [1.165, 1.54) is 0 Å². The monoisotopic (exact) mass is 220 g/mol. The number of aliphatic hydroxyl groups excluding tert-OH is 4. The van der Waals surface area contributed by atoms with E-state index in [0.29, 0.717) is 6.42 Å². The van der Waals surface area contributed by atoms with E-state index in [0.717, 1.165) is 0 Å². The molecular formula is C9H16O6. The van der Waals surface area contributed by atoms with Crippen molar-refractivity contribution in [3.05, 3.63) is 0 Å². The van der Waals surface area contributed by atoms with E-state index in [1.807, 2.05) is 0 Å². The number of ether oxygens (including phenoxy) is 1. The lowest BCUT2D eigenvalue weighted by Gasteiger charge is -2.37. The fraction of sp³-hybridized carbons (Fsp3) is 0.889. The summed E-state index contributed by atoms with van der Waals surface area (Å²) in [6.45, 7) is 1.79. The van der Waals surface area contributed by atoms with Crippen LogP contribution in [0.5, 0.6) is 0 Å². The summed E-state index contributed by atoms with van der Waals surface area (Å²) >= 11 is 0. The second kappa shape index (κ2) is 5.00. The first-order valence-electron chi connectivity index (χ1n) is 4.89. The Morgan fingerprint density at radius 1 is 1.13 bits per heavy atom. The van der Waals surface area contributed by atoms with Gasteiger partial charge in [-0.2, -0.15) is 0 Å². The van der Waals surface area contributed by atoms with Gasteiger partial charge < -0.3 is 25.2 Å². The van der Waals surface area contributed by atoms with Crippen molar-refractivity contribution >= 4 is 5.78 Å². The second-order valence-electron chi connectivity index (χ2n) is 3.64. The first kappa shape index (κ1) is 12.5. The first-order chi connectivity index (χ1) is 6.99. The van der Waals surface area contributed by atoms with E-state index in [4.69, 9.17) is 14.9 Å². The lowest BCUT2D eigenvalue weighted by molar-refractivity contribution is -0.275. The summed E-state index contributed by atoms with van der Waals surface area (Å²) in [5.41, 5.74) is 0. The Morgan fingerprint density at radius 2 is 1.73 bits per heavy atom. The van der Waals surface area contributed by atoms with Gasteiger partial charge in [-0.15, -0.1) is 0 Å². The molecule has 1 saturated heterocycles. The zero-order valence-corrected chi connectivity index (χ0v) is 8.41. The highest BCUT2D eigenvalue weighted by Gasteiger charge is 2.45. The minimum atomic E-state index is -1.64. The van der Waals surface area contributed by atoms with Crippen LogP contribution in [-0.4, -0.2) is 56.9 Å². The van der Waals surface area contributed by atoms with Crippen LogP contribution in [0.1, 0.15) is 19.8 Å². The maximum absolute atomic E-state index is 11.4. The van der Waals surface area contributed by atoms with E-state index in [9.17, 15) is 15.0 Å². The van der Waals surface area contributed by atoms with Gasteiger partial charge in [-0.25, -0.2) is 0 Å². The molecule has 88 valence electrons. The average molecular weight is 220 g/mol. The molecule has 0 amide bonds. The van der Waals surface area contributed by atoms with Crippen molar-refractivity contribution in [2.45, 2.75) is 50.5 Å². The fourth-order valence-electron chi connectivity index (χ4n) is 1.52. The highest BCUT2D eigenvalue weighted by Crippen LogP contribution is 2.21. The summed E-state index contributed by atoms with van der Waals surface area (Å²) in [7, 11) is 0. The molecule has 0 bridgehead atoms. The fourth-order valence-corrected chi connectivity index (χ4v) is 1.52. The molecule has 0 aromatic carbocycles. The average Bonchev–Trinajstić information content (AvgIpc) is 2.20. The Morgan fingerprint density at radius 3 is 2.27 bits per heavy atom. The van der Waals surface area contributed by atoms with Crippen molar-refractivity contribution in [1.82, 2.24) is 0 Å². The van der Waals surface area contributed by atoms with Crippen LogP contribution in [0.15, 0.2) is 0 Å². The van der Waals surface area contributed by atoms with Crippen LogP contribution in [0.2, 0.25) is 0 Å². The Labute approximate surface area is 87.1 Å². The predicted octanol–water partition coefficient (Wildman–Crippen LogP) is -1.84. The summed E-state index contributed by atoms with van der Waals surface area (Å²) in [6.07, 6.45) is -6.79. The number of hydrogen-bond acceptors (Lipinski definition) is 6. The molecule has 1 heterocycles. The predicted molar refractivity (Wildman–Crippen MR) is 48.8 cm³/mol. The second-order valence-corrected chi connectivity index (χ2v) is 3.64. The maximum atomic E-state index is 11.4. The van der Waals surface area contributed by atoms with Crippen LogP contribution in [0.4, 0.5) is 0 Å². The van der Waals surface area contributed by atoms with E-state index >= 15 is 0 Å². The molecule has 1 rings (SSSR count). The lowest BCUT2D eigenvalue weighted by atomic mass is 9.95. The number of carbonyl (C=O) groups excluding carboxylic acids is 1. The van der Waals surface area contributed by atoms with Gasteiger partial charge in [0, 0.05) is 6.42 Å². The molecule has 5 atom stereocenters. The van der Waals surface area contributed by atoms with Crippen LogP contribution in [0.3, 0.4) is 0 Å². The molecular weight excluding hydrogens is 204 g/mol. The molecule has 1 unspecified atom stereocenters. The Balaban J connectivity index is 2.70. The molecule has 0 aromatic rings. The Kier molecular flexibility index (Phi) is 4.18. The zero-order chi connectivity index (χ0) is 11.6. The number of hydrogen-bond donors (Lipinski definition) is 4. The number of rotatable bonds is 3. The van der Waals surface area contributed by atoms with Gasteiger partial charge in [-0.05, 0) is 6.42 Å². The minimum Gasteiger partial charge on any atom is -0.387 e. The minimum absolute atomic E-state index is 0.192. The summed E-state index contributed by atoms with van der Waals surface area (Å²) in [4.78, 5) is 11.4. The third-order valence-electron chi connectivity index (χ3n) is 2.40. The van der Waals surface area contributed by atoms with Gasteiger partial charge in [0.2, 0.25) is 0 Å². The molecule has 0 aromatic heterocycles. The normalized spacial score (nSPS) is 41.5. The van der Waals surface area contributed by atoms with Crippen LogP contribution in [-0.2, 0) is 9.53 Å². The Hall–Kier alpha value is -0.530. The molecule has 0 saturated carbocycles. The first-order valence-corrected chi connectivity index (χ1v) is 4.89. The number of ketones is 1. The van der Waals surface area contributed by atoms with Crippen molar-refractivity contribution in [2.75, 3.05) is 0 Å². The highest BCUT2D eigenvalue weighted by atomic mass is 16.6. The molecule has 1 aliphatic rings. The van der Waals surface area contributed by atoms with Crippen LogP contribution in [0, 0.1) is 0 Å². The molecule has 0 radical (unpaired) electrons. The molecule has 0 aliphatic carbocycles. The highest BCUT2D eigenvalue weighted by molar-refractivity contribution is 5.83. The quantitative estimate of drug-likeness (QED) is 0.445. The third-order valence-corrected chi connectivity index (χ3v) is 2.40. The van der Waals surface area contributed by atoms with Crippen molar-refractivity contribution in [3.63, 3.8) is 0 Å². The van der Waals surface area contributed by atoms with Gasteiger partial charge in [0.25, 0.3) is 0 Å². The summed E-state index contributed by atoms with van der Waals surface area (Å²) < 4.78 is 4.74. The number of Topliss-reactive ketones (excluding diaryl/α,β-unsaturated/α-hetero) is 1. The van der Waals surface area contributed by atoms with Gasteiger partial charge in [-0.1, -0.05) is 6.92 Å². The number of aliphatic hydroxyl groups is 4. The van der Waals surface area contributed by atoms with Gasteiger partial charge in [0.15, 0.2) is 12.1 Å². The van der Waals surface area contributed by atoms with Crippen LogP contribution >= 0.6 is 0 Å². The SMILES string of the molecule is CCCC(=O)[C@H]1OC(O)[C@H](O)[C@@H](O)[C@H]1O. The van der Waals surface area contributed by atoms with E-state index in [-0.39, 0.29) is 6.42 Å². The van der Waals surface area contributed by atoms with Gasteiger partial charge in [0.1, 0.15) is 24.4 Å².